The Bertz CT molecular complexity index is 683. The molecule has 0 radical (unpaired) electrons. The molecule has 0 fully saturated rings. The molecule has 7 nitrogen and oxygen atoms in total. The number of para-hydroxylation sites is 1. The van der Waals surface area contributed by atoms with Crippen LogP contribution in [0.3, 0.4) is 0 Å². The molecule has 0 saturated carbocycles. The third kappa shape index (κ3) is 2.28. The van der Waals surface area contributed by atoms with Gasteiger partial charge in [-0.25, -0.2) is 0 Å². The lowest BCUT2D eigenvalue weighted by Gasteiger charge is -2.28. The molecule has 7 heteroatoms. The fourth-order valence-corrected chi connectivity index (χ4v) is 2.62. The first kappa shape index (κ1) is 14.4. The molecule has 1 aromatic carbocycles. The SMILES string of the molecule is CC1C(N)=NC(=N)N=C(N(C)c2cccc3c2OCO3)C1C. The van der Waals surface area contributed by atoms with Crippen molar-refractivity contribution in [3.63, 3.8) is 0 Å². The van der Waals surface area contributed by atoms with E-state index in [4.69, 9.17) is 20.6 Å². The molecule has 3 N–H and O–H groups in total. The Hall–Kier alpha value is -2.57. The summed E-state index contributed by atoms with van der Waals surface area (Å²) in [5, 5.41) is 7.84. The number of guanidine groups is 1. The standard InChI is InChI=1S/C15H19N5O2/c1-8-9(2)14(19-15(17)18-13(8)16)20(3)10-5-4-6-11-12(10)22-7-21-11/h4-6,8-9H,7H2,1-3H3,(H3,16,17,18). The normalized spacial score (nSPS) is 23.7. The second-order valence-corrected chi connectivity index (χ2v) is 5.48. The molecule has 0 aliphatic carbocycles. The van der Waals surface area contributed by atoms with Gasteiger partial charge in [0, 0.05) is 18.9 Å². The summed E-state index contributed by atoms with van der Waals surface area (Å²) in [6, 6.07) is 5.71. The lowest BCUT2D eigenvalue weighted by Crippen LogP contribution is -2.38. The van der Waals surface area contributed by atoms with Crippen LogP contribution in [0.1, 0.15) is 13.8 Å². The van der Waals surface area contributed by atoms with Gasteiger partial charge < -0.3 is 20.1 Å². The Morgan fingerprint density at radius 3 is 2.77 bits per heavy atom. The fraction of sp³-hybridized carbons (Fsp3) is 0.400. The monoisotopic (exact) mass is 301 g/mol. The van der Waals surface area contributed by atoms with E-state index >= 15 is 0 Å². The summed E-state index contributed by atoms with van der Waals surface area (Å²) in [6.45, 7) is 4.23. The topological polar surface area (TPSA) is 96.3 Å². The number of aliphatic imine (C=N–C) groups is 2. The van der Waals surface area contributed by atoms with Crippen LogP contribution in [0.15, 0.2) is 28.2 Å². The van der Waals surface area contributed by atoms with Crippen molar-refractivity contribution < 1.29 is 9.47 Å². The average molecular weight is 301 g/mol. The van der Waals surface area contributed by atoms with E-state index < -0.39 is 0 Å². The van der Waals surface area contributed by atoms with Gasteiger partial charge in [-0.1, -0.05) is 19.9 Å². The molecule has 2 aliphatic heterocycles. The van der Waals surface area contributed by atoms with Crippen molar-refractivity contribution in [1.29, 1.82) is 5.41 Å². The summed E-state index contributed by atoms with van der Waals surface area (Å²) in [7, 11) is 1.90. The minimum absolute atomic E-state index is 0.00187. The van der Waals surface area contributed by atoms with E-state index in [1.165, 1.54) is 0 Å². The van der Waals surface area contributed by atoms with Crippen molar-refractivity contribution in [3.8, 4) is 11.5 Å². The van der Waals surface area contributed by atoms with Crippen LogP contribution >= 0.6 is 0 Å². The van der Waals surface area contributed by atoms with Crippen LogP contribution < -0.4 is 20.1 Å². The number of nitrogens with one attached hydrogen (secondary N) is 1. The first-order chi connectivity index (χ1) is 10.5. The van der Waals surface area contributed by atoms with Gasteiger partial charge in [-0.3, -0.25) is 5.41 Å². The van der Waals surface area contributed by atoms with Crippen LogP contribution in [-0.2, 0) is 0 Å². The van der Waals surface area contributed by atoms with Crippen molar-refractivity contribution in [2.45, 2.75) is 13.8 Å². The smallest absolute Gasteiger partial charge is 0.245 e. The van der Waals surface area contributed by atoms with Gasteiger partial charge in [0.1, 0.15) is 11.7 Å². The van der Waals surface area contributed by atoms with Crippen molar-refractivity contribution in [3.05, 3.63) is 18.2 Å². The number of amidine groups is 2. The van der Waals surface area contributed by atoms with E-state index in [9.17, 15) is 0 Å². The van der Waals surface area contributed by atoms with Crippen LogP contribution in [0.5, 0.6) is 11.5 Å². The Morgan fingerprint density at radius 2 is 2.00 bits per heavy atom. The van der Waals surface area contributed by atoms with E-state index in [2.05, 4.69) is 9.98 Å². The summed E-state index contributed by atoms with van der Waals surface area (Å²) in [4.78, 5) is 10.2. The number of fused-ring (bicyclic) bond motifs is 1. The molecule has 1 aromatic rings. The molecule has 2 unspecified atom stereocenters. The zero-order valence-electron chi connectivity index (χ0n) is 12.8. The second-order valence-electron chi connectivity index (χ2n) is 5.48. The van der Waals surface area contributed by atoms with E-state index in [-0.39, 0.29) is 24.6 Å². The van der Waals surface area contributed by atoms with Crippen molar-refractivity contribution in [1.82, 2.24) is 0 Å². The lowest BCUT2D eigenvalue weighted by molar-refractivity contribution is 0.174. The molecule has 116 valence electrons. The van der Waals surface area contributed by atoms with E-state index in [0.717, 1.165) is 11.5 Å². The molecule has 2 aliphatic rings. The van der Waals surface area contributed by atoms with Gasteiger partial charge in [-0.15, -0.1) is 0 Å². The predicted octanol–water partition coefficient (Wildman–Crippen LogP) is 1.83. The maximum Gasteiger partial charge on any atom is 0.245 e. The summed E-state index contributed by atoms with van der Waals surface area (Å²) >= 11 is 0. The number of nitrogens with zero attached hydrogens (tertiary/aromatic N) is 3. The highest BCUT2D eigenvalue weighted by Crippen LogP contribution is 2.41. The van der Waals surface area contributed by atoms with Gasteiger partial charge in [0.25, 0.3) is 0 Å². The largest absolute Gasteiger partial charge is 0.454 e. The molecular weight excluding hydrogens is 282 g/mol. The molecule has 0 spiro atoms. The van der Waals surface area contributed by atoms with Gasteiger partial charge in [0.15, 0.2) is 11.5 Å². The van der Waals surface area contributed by atoms with E-state index in [1.54, 1.807) is 0 Å². The van der Waals surface area contributed by atoms with E-state index in [0.29, 0.717) is 17.3 Å². The molecule has 0 aromatic heterocycles. The highest BCUT2D eigenvalue weighted by atomic mass is 16.7. The zero-order chi connectivity index (χ0) is 15.9. The number of hydrogen-bond donors (Lipinski definition) is 2. The van der Waals surface area contributed by atoms with Gasteiger partial charge >= 0.3 is 0 Å². The highest BCUT2D eigenvalue weighted by Gasteiger charge is 2.30. The second kappa shape index (κ2) is 5.32. The minimum Gasteiger partial charge on any atom is -0.454 e. The number of anilines is 1. The summed E-state index contributed by atoms with van der Waals surface area (Å²) in [6.07, 6.45) is 0. The summed E-state index contributed by atoms with van der Waals surface area (Å²) in [5.41, 5.74) is 6.77. The summed E-state index contributed by atoms with van der Waals surface area (Å²) < 4.78 is 11.0. The van der Waals surface area contributed by atoms with Gasteiger partial charge in [0.2, 0.25) is 12.8 Å². The minimum atomic E-state index is -0.0831. The number of benzene rings is 1. The van der Waals surface area contributed by atoms with Gasteiger partial charge in [0.05, 0.1) is 5.69 Å². The molecular formula is C15H19N5O2. The number of hydrogen-bond acceptors (Lipinski definition) is 5. The third-order valence-electron chi connectivity index (χ3n) is 4.16. The van der Waals surface area contributed by atoms with Gasteiger partial charge in [-0.2, -0.15) is 9.98 Å². The van der Waals surface area contributed by atoms with Crippen LogP contribution in [0.25, 0.3) is 0 Å². The molecule has 2 atom stereocenters. The number of rotatable bonds is 1. The van der Waals surface area contributed by atoms with Crippen molar-refractivity contribution in [2.75, 3.05) is 18.7 Å². The number of nitrogens with two attached hydrogens (primary N) is 1. The van der Waals surface area contributed by atoms with Gasteiger partial charge in [-0.05, 0) is 12.1 Å². The molecule has 2 heterocycles. The third-order valence-corrected chi connectivity index (χ3v) is 4.16. The fourth-order valence-electron chi connectivity index (χ4n) is 2.62. The molecule has 0 amide bonds. The van der Waals surface area contributed by atoms with Crippen LogP contribution in [0.2, 0.25) is 0 Å². The number of ether oxygens (including phenoxy) is 2. The van der Waals surface area contributed by atoms with Crippen LogP contribution in [0.4, 0.5) is 5.69 Å². The van der Waals surface area contributed by atoms with Crippen LogP contribution in [0, 0.1) is 17.2 Å². The average Bonchev–Trinajstić information content (AvgIpc) is 2.95. The van der Waals surface area contributed by atoms with Crippen LogP contribution in [-0.4, -0.2) is 31.5 Å². The molecule has 22 heavy (non-hydrogen) atoms. The molecule has 3 rings (SSSR count). The summed E-state index contributed by atoms with van der Waals surface area (Å²) in [5.74, 6) is 2.50. The van der Waals surface area contributed by atoms with E-state index in [1.807, 2.05) is 44.0 Å². The van der Waals surface area contributed by atoms with Crippen molar-refractivity contribution >= 4 is 23.3 Å². The maximum absolute atomic E-state index is 7.84. The molecule has 0 saturated heterocycles. The quantitative estimate of drug-likeness (QED) is 0.827. The Balaban J connectivity index is 2.00. The van der Waals surface area contributed by atoms with Crippen molar-refractivity contribution in [2.24, 2.45) is 27.6 Å². The highest BCUT2D eigenvalue weighted by molar-refractivity contribution is 6.11. The first-order valence-corrected chi connectivity index (χ1v) is 7.12. The Morgan fingerprint density at radius 1 is 1.23 bits per heavy atom. The molecule has 0 bridgehead atoms. The zero-order valence-corrected chi connectivity index (χ0v) is 12.8. The maximum atomic E-state index is 7.84. The Labute approximate surface area is 129 Å². The first-order valence-electron chi connectivity index (χ1n) is 7.12. The predicted molar refractivity (Wildman–Crippen MR) is 86.1 cm³/mol. The lowest BCUT2D eigenvalue weighted by atomic mass is 9.93. The Kier molecular flexibility index (Phi) is 3.48.